The molecule has 142 valence electrons. The number of carboxylic acid groups (broad SMARTS) is 1. The van der Waals surface area contributed by atoms with Gasteiger partial charge in [0.15, 0.2) is 11.9 Å². The van der Waals surface area contributed by atoms with Gasteiger partial charge in [0.25, 0.3) is 5.91 Å². The predicted molar refractivity (Wildman–Crippen MR) is 99.3 cm³/mol. The van der Waals surface area contributed by atoms with Crippen LogP contribution in [0.4, 0.5) is 5.69 Å². The van der Waals surface area contributed by atoms with Gasteiger partial charge in [-0.25, -0.2) is 4.79 Å². The van der Waals surface area contributed by atoms with Crippen molar-refractivity contribution in [2.24, 2.45) is 12.1 Å². The molecule has 0 spiro atoms. The Hall–Kier alpha value is -3.23. The quantitative estimate of drug-likeness (QED) is 0.792. The van der Waals surface area contributed by atoms with Gasteiger partial charge in [0, 0.05) is 19.4 Å². The Balaban J connectivity index is 1.72. The number of anilines is 1. The molecule has 0 saturated heterocycles. The van der Waals surface area contributed by atoms with Gasteiger partial charge in [0.05, 0.1) is 12.2 Å². The number of hydrazone groups is 1. The van der Waals surface area contributed by atoms with E-state index in [0.717, 1.165) is 5.82 Å². The van der Waals surface area contributed by atoms with Gasteiger partial charge in [-0.15, -0.1) is 10.2 Å². The first-order valence-corrected chi connectivity index (χ1v) is 8.69. The van der Waals surface area contributed by atoms with E-state index in [1.807, 2.05) is 31.5 Å². The number of carboxylic acids is 1. The number of nitrogens with zero attached hydrogens (tertiary/aromatic N) is 5. The minimum absolute atomic E-state index is 0.0338. The van der Waals surface area contributed by atoms with Gasteiger partial charge in [0.2, 0.25) is 0 Å². The van der Waals surface area contributed by atoms with Crippen LogP contribution in [0.25, 0.3) is 0 Å². The van der Waals surface area contributed by atoms with E-state index >= 15 is 0 Å². The van der Waals surface area contributed by atoms with E-state index < -0.39 is 17.9 Å². The van der Waals surface area contributed by atoms with Gasteiger partial charge in [-0.1, -0.05) is 32.0 Å². The van der Waals surface area contributed by atoms with Crippen LogP contribution >= 0.6 is 0 Å². The standard InChI is InChI=1S/C18H22N6O3/c1-11(2)16-21-20-15(23(16)3)10-19-17(25)13-9-14(18(26)27)24(22-13)12-7-5-4-6-8-12/h4-8,11,14H,9-10H2,1-3H3,(H,19,25)(H,26,27). The Morgan fingerprint density at radius 3 is 2.56 bits per heavy atom. The molecule has 1 aromatic carbocycles. The Labute approximate surface area is 156 Å². The fourth-order valence-corrected chi connectivity index (χ4v) is 2.95. The molecule has 1 atom stereocenters. The van der Waals surface area contributed by atoms with Crippen LogP contribution in [-0.4, -0.2) is 43.5 Å². The van der Waals surface area contributed by atoms with E-state index in [1.165, 1.54) is 5.01 Å². The second kappa shape index (κ2) is 7.56. The van der Waals surface area contributed by atoms with E-state index in [-0.39, 0.29) is 24.6 Å². The van der Waals surface area contributed by atoms with Gasteiger partial charge in [0.1, 0.15) is 11.5 Å². The van der Waals surface area contributed by atoms with E-state index in [2.05, 4.69) is 20.6 Å². The number of aromatic nitrogens is 3. The summed E-state index contributed by atoms with van der Waals surface area (Å²) in [5.74, 6) is 0.245. The summed E-state index contributed by atoms with van der Waals surface area (Å²) in [6.07, 6.45) is 0.0338. The maximum absolute atomic E-state index is 12.5. The van der Waals surface area contributed by atoms with Gasteiger partial charge < -0.3 is 15.0 Å². The van der Waals surface area contributed by atoms with Crippen LogP contribution in [0, 0.1) is 0 Å². The lowest BCUT2D eigenvalue weighted by molar-refractivity contribution is -0.138. The van der Waals surface area contributed by atoms with Gasteiger partial charge >= 0.3 is 5.97 Å². The average molecular weight is 370 g/mol. The van der Waals surface area contributed by atoms with Crippen LogP contribution in [0.1, 0.15) is 37.8 Å². The van der Waals surface area contributed by atoms with Crippen LogP contribution in [0.3, 0.4) is 0 Å². The molecule has 1 aromatic heterocycles. The smallest absolute Gasteiger partial charge is 0.328 e. The Morgan fingerprint density at radius 1 is 1.26 bits per heavy atom. The third kappa shape index (κ3) is 3.81. The van der Waals surface area contributed by atoms with Gasteiger partial charge in [-0.2, -0.15) is 5.10 Å². The second-order valence-corrected chi connectivity index (χ2v) is 6.66. The highest BCUT2D eigenvalue weighted by molar-refractivity contribution is 6.40. The summed E-state index contributed by atoms with van der Waals surface area (Å²) in [5.41, 5.74) is 0.806. The lowest BCUT2D eigenvalue weighted by Gasteiger charge is -2.19. The largest absolute Gasteiger partial charge is 0.480 e. The van der Waals surface area contributed by atoms with Crippen molar-refractivity contribution in [3.05, 3.63) is 42.0 Å². The van der Waals surface area contributed by atoms with E-state index in [9.17, 15) is 14.7 Å². The summed E-state index contributed by atoms with van der Waals surface area (Å²) in [7, 11) is 1.85. The summed E-state index contributed by atoms with van der Waals surface area (Å²) in [6, 6.07) is 8.03. The maximum atomic E-state index is 12.5. The molecule has 0 aliphatic carbocycles. The summed E-state index contributed by atoms with van der Waals surface area (Å²) in [4.78, 5) is 24.1. The normalized spacial score (nSPS) is 16.5. The highest BCUT2D eigenvalue weighted by atomic mass is 16.4. The molecule has 3 rings (SSSR count). The fourth-order valence-electron chi connectivity index (χ4n) is 2.95. The monoisotopic (exact) mass is 370 g/mol. The van der Waals surface area contributed by atoms with Crippen LogP contribution < -0.4 is 10.3 Å². The number of carbonyl (C=O) groups excluding carboxylic acids is 1. The fraction of sp³-hybridized carbons (Fsp3) is 0.389. The molecule has 0 bridgehead atoms. The molecule has 0 fully saturated rings. The number of rotatable bonds is 6. The Bertz CT molecular complexity index is 874. The lowest BCUT2D eigenvalue weighted by atomic mass is 10.1. The molecule has 2 aromatic rings. The highest BCUT2D eigenvalue weighted by Crippen LogP contribution is 2.24. The summed E-state index contributed by atoms with van der Waals surface area (Å²) < 4.78 is 1.84. The summed E-state index contributed by atoms with van der Waals surface area (Å²) in [5, 5.41) is 26.1. The molecule has 1 unspecified atom stereocenters. The van der Waals surface area contributed by atoms with Crippen molar-refractivity contribution in [1.82, 2.24) is 20.1 Å². The molecule has 1 aliphatic heterocycles. The molecule has 1 amide bonds. The molecule has 9 nitrogen and oxygen atoms in total. The van der Waals surface area contributed by atoms with Crippen LogP contribution in [0.2, 0.25) is 0 Å². The van der Waals surface area contributed by atoms with E-state index in [4.69, 9.17) is 0 Å². The Morgan fingerprint density at radius 2 is 1.96 bits per heavy atom. The summed E-state index contributed by atoms with van der Waals surface area (Å²) in [6.45, 7) is 4.23. The Kier molecular flexibility index (Phi) is 5.20. The molecule has 27 heavy (non-hydrogen) atoms. The van der Waals surface area contributed by atoms with Crippen molar-refractivity contribution in [2.45, 2.75) is 38.8 Å². The van der Waals surface area contributed by atoms with Crippen LogP contribution in [0.15, 0.2) is 35.4 Å². The zero-order chi connectivity index (χ0) is 19.6. The number of hydrogen-bond acceptors (Lipinski definition) is 6. The molecule has 0 radical (unpaired) electrons. The zero-order valence-corrected chi connectivity index (χ0v) is 15.5. The number of amides is 1. The number of benzene rings is 1. The molecular weight excluding hydrogens is 348 g/mol. The minimum atomic E-state index is -1.03. The molecule has 9 heteroatoms. The van der Waals surface area contributed by atoms with Gasteiger partial charge in [-0.3, -0.25) is 9.80 Å². The minimum Gasteiger partial charge on any atom is -0.480 e. The van der Waals surface area contributed by atoms with Crippen LogP contribution in [-0.2, 0) is 23.2 Å². The number of hydrogen-bond donors (Lipinski definition) is 2. The maximum Gasteiger partial charge on any atom is 0.328 e. The SMILES string of the molecule is CC(C)c1nnc(CNC(=O)C2=NN(c3ccccc3)C(C(=O)O)C2)n1C. The molecular formula is C18H22N6O3. The van der Waals surface area contributed by atoms with E-state index in [1.54, 1.807) is 24.3 Å². The number of carbonyl (C=O) groups is 2. The van der Waals surface area contributed by atoms with Crippen molar-refractivity contribution in [3.63, 3.8) is 0 Å². The summed E-state index contributed by atoms with van der Waals surface area (Å²) >= 11 is 0. The topological polar surface area (TPSA) is 113 Å². The predicted octanol–water partition coefficient (Wildman–Crippen LogP) is 1.27. The zero-order valence-electron chi connectivity index (χ0n) is 15.5. The van der Waals surface area contributed by atoms with Crippen LogP contribution in [0.5, 0.6) is 0 Å². The first-order chi connectivity index (χ1) is 12.9. The van der Waals surface area contributed by atoms with Crippen molar-refractivity contribution in [2.75, 3.05) is 5.01 Å². The highest BCUT2D eigenvalue weighted by Gasteiger charge is 2.36. The molecule has 2 heterocycles. The molecule has 0 saturated carbocycles. The second-order valence-electron chi connectivity index (χ2n) is 6.66. The van der Waals surface area contributed by atoms with Crippen molar-refractivity contribution >= 4 is 23.3 Å². The first-order valence-electron chi connectivity index (χ1n) is 8.69. The number of aliphatic carboxylic acids is 1. The molecule has 1 aliphatic rings. The van der Waals surface area contributed by atoms with E-state index in [0.29, 0.717) is 11.5 Å². The van der Waals surface area contributed by atoms with Crippen molar-refractivity contribution in [1.29, 1.82) is 0 Å². The van der Waals surface area contributed by atoms with Crippen molar-refractivity contribution < 1.29 is 14.7 Å². The lowest BCUT2D eigenvalue weighted by Crippen LogP contribution is -2.35. The number of para-hydroxylation sites is 1. The third-order valence-corrected chi connectivity index (χ3v) is 4.40. The number of nitrogens with one attached hydrogen (secondary N) is 1. The first kappa shape index (κ1) is 18.6. The third-order valence-electron chi connectivity index (χ3n) is 4.40. The van der Waals surface area contributed by atoms with Crippen molar-refractivity contribution in [3.8, 4) is 0 Å². The molecule has 2 N–H and O–H groups in total. The van der Waals surface area contributed by atoms with Gasteiger partial charge in [-0.05, 0) is 12.1 Å². The average Bonchev–Trinajstić information content (AvgIpc) is 3.25.